The van der Waals surface area contributed by atoms with Crippen molar-refractivity contribution in [2.45, 2.75) is 12.8 Å². The van der Waals surface area contributed by atoms with Crippen LogP contribution in [0.3, 0.4) is 0 Å². The maximum absolute atomic E-state index is 6.13. The van der Waals surface area contributed by atoms with Gasteiger partial charge >= 0.3 is 0 Å². The second kappa shape index (κ2) is 7.14. The second-order valence-electron chi connectivity index (χ2n) is 8.54. The first-order valence-corrected chi connectivity index (χ1v) is 11.3. The minimum Gasteiger partial charge on any atom is -0.456 e. The summed E-state index contributed by atoms with van der Waals surface area (Å²) >= 11 is 0. The molecule has 1 aliphatic rings. The summed E-state index contributed by atoms with van der Waals surface area (Å²) in [5.74, 6) is 0. The fraction of sp³-hybridized carbons (Fsp3) is 0.0667. The molecule has 0 aliphatic heterocycles. The van der Waals surface area contributed by atoms with Gasteiger partial charge < -0.3 is 14.2 Å². The molecule has 0 saturated heterocycles. The molecule has 0 atom stereocenters. The minimum atomic E-state index is 0.914. The lowest BCUT2D eigenvalue weighted by Gasteiger charge is -2.16. The number of fused-ring (bicyclic) bond motifs is 6. The van der Waals surface area contributed by atoms with Gasteiger partial charge in [0.1, 0.15) is 22.2 Å². The Morgan fingerprint density at radius 3 is 2.27 bits per heavy atom. The van der Waals surface area contributed by atoms with Gasteiger partial charge in [-0.1, -0.05) is 60.7 Å². The lowest BCUT2D eigenvalue weighted by Crippen LogP contribution is -2.29. The number of hydrogen-bond acceptors (Lipinski definition) is 3. The average Bonchev–Trinajstić information content (AvgIpc) is 3.43. The summed E-state index contributed by atoms with van der Waals surface area (Å²) in [5.41, 5.74) is 8.37. The molecule has 1 N–H and O–H groups in total. The van der Waals surface area contributed by atoms with Gasteiger partial charge in [0, 0.05) is 38.3 Å². The molecule has 0 bridgehead atoms. The summed E-state index contributed by atoms with van der Waals surface area (Å²) in [6.45, 7) is 0. The minimum absolute atomic E-state index is 0.914. The number of hydrogen-bond donors (Lipinski definition) is 1. The Bertz CT molecular complexity index is 1800. The summed E-state index contributed by atoms with van der Waals surface area (Å²) in [7, 11) is 0. The number of benzene rings is 4. The van der Waals surface area contributed by atoms with E-state index in [-0.39, 0.29) is 0 Å². The SMILES string of the molecule is C1=c2oc3ccccc3c2=C(Nc2ccccc2-c2ccc3oc4ccccc4c3c2)CC1. The normalized spacial score (nSPS) is 13.4. The lowest BCUT2D eigenvalue weighted by molar-refractivity contribution is 0.571. The van der Waals surface area contributed by atoms with Crippen molar-refractivity contribution in [2.24, 2.45) is 0 Å². The fourth-order valence-corrected chi connectivity index (χ4v) is 5.02. The van der Waals surface area contributed by atoms with E-state index in [0.29, 0.717) is 0 Å². The van der Waals surface area contributed by atoms with Crippen LogP contribution in [0, 0.1) is 0 Å². The summed E-state index contributed by atoms with van der Waals surface area (Å²) in [4.78, 5) is 0. The fourth-order valence-electron chi connectivity index (χ4n) is 5.02. The van der Waals surface area contributed by atoms with E-state index in [0.717, 1.165) is 62.4 Å². The Kier molecular flexibility index (Phi) is 3.97. The molecule has 0 fully saturated rings. The molecular weight excluding hydrogens is 406 g/mol. The van der Waals surface area contributed by atoms with Gasteiger partial charge in [-0.25, -0.2) is 0 Å². The number of nitrogens with one attached hydrogen (secondary N) is 1. The van der Waals surface area contributed by atoms with Gasteiger partial charge in [0.05, 0.1) is 0 Å². The van der Waals surface area contributed by atoms with Crippen LogP contribution in [0.15, 0.2) is 99.8 Å². The van der Waals surface area contributed by atoms with Gasteiger partial charge in [-0.2, -0.15) is 0 Å². The summed E-state index contributed by atoms with van der Waals surface area (Å²) in [6.07, 6.45) is 4.12. The van der Waals surface area contributed by atoms with E-state index >= 15 is 0 Å². The molecule has 0 radical (unpaired) electrons. The van der Waals surface area contributed by atoms with Gasteiger partial charge in [-0.05, 0) is 54.8 Å². The highest BCUT2D eigenvalue weighted by Gasteiger charge is 2.15. The van der Waals surface area contributed by atoms with Crippen molar-refractivity contribution in [3.05, 3.63) is 102 Å². The van der Waals surface area contributed by atoms with Crippen LogP contribution in [-0.4, -0.2) is 0 Å². The molecule has 33 heavy (non-hydrogen) atoms. The summed E-state index contributed by atoms with van der Waals surface area (Å²) < 4.78 is 12.2. The van der Waals surface area contributed by atoms with E-state index in [2.05, 4.69) is 78.1 Å². The second-order valence-corrected chi connectivity index (χ2v) is 8.54. The van der Waals surface area contributed by atoms with Crippen molar-refractivity contribution in [2.75, 3.05) is 5.32 Å². The number of rotatable bonds is 3. The highest BCUT2D eigenvalue weighted by molar-refractivity contribution is 6.06. The largest absolute Gasteiger partial charge is 0.456 e. The quantitative estimate of drug-likeness (QED) is 0.338. The number of furan rings is 2. The van der Waals surface area contributed by atoms with Crippen molar-refractivity contribution in [1.82, 2.24) is 0 Å². The van der Waals surface area contributed by atoms with E-state index in [1.54, 1.807) is 0 Å². The molecule has 2 heterocycles. The third kappa shape index (κ3) is 2.90. The zero-order valence-corrected chi connectivity index (χ0v) is 18.0. The van der Waals surface area contributed by atoms with Gasteiger partial charge in [0.2, 0.25) is 0 Å². The maximum Gasteiger partial charge on any atom is 0.135 e. The summed E-state index contributed by atoms with van der Waals surface area (Å²) in [6, 6.07) is 31.4. The smallest absolute Gasteiger partial charge is 0.135 e. The molecule has 0 saturated carbocycles. The van der Waals surface area contributed by atoms with Gasteiger partial charge in [-0.15, -0.1) is 0 Å². The van der Waals surface area contributed by atoms with Crippen molar-refractivity contribution in [3.63, 3.8) is 0 Å². The van der Waals surface area contributed by atoms with Crippen molar-refractivity contribution < 1.29 is 8.83 Å². The van der Waals surface area contributed by atoms with Gasteiger partial charge in [0.25, 0.3) is 0 Å². The maximum atomic E-state index is 6.13. The predicted octanol–water partition coefficient (Wildman–Crippen LogP) is 6.79. The van der Waals surface area contributed by atoms with Crippen LogP contribution in [0.25, 0.3) is 55.8 Å². The number of para-hydroxylation sites is 3. The van der Waals surface area contributed by atoms with Crippen LogP contribution >= 0.6 is 0 Å². The molecule has 6 aromatic rings. The Morgan fingerprint density at radius 2 is 1.36 bits per heavy atom. The van der Waals surface area contributed by atoms with E-state index < -0.39 is 0 Å². The van der Waals surface area contributed by atoms with E-state index in [1.807, 2.05) is 24.3 Å². The van der Waals surface area contributed by atoms with Crippen molar-refractivity contribution in [1.29, 1.82) is 0 Å². The third-order valence-electron chi connectivity index (χ3n) is 6.55. The van der Waals surface area contributed by atoms with Crippen LogP contribution in [0.5, 0.6) is 0 Å². The first kappa shape index (κ1) is 18.3. The van der Waals surface area contributed by atoms with Crippen molar-refractivity contribution in [3.8, 4) is 11.1 Å². The highest BCUT2D eigenvalue weighted by atomic mass is 16.3. The molecule has 3 nitrogen and oxygen atoms in total. The first-order valence-electron chi connectivity index (χ1n) is 11.3. The lowest BCUT2D eigenvalue weighted by atomic mass is 10.00. The highest BCUT2D eigenvalue weighted by Crippen LogP contribution is 2.35. The van der Waals surface area contributed by atoms with Crippen LogP contribution in [0.2, 0.25) is 0 Å². The molecule has 7 rings (SSSR count). The molecule has 2 aromatic heterocycles. The molecule has 0 unspecified atom stereocenters. The zero-order chi connectivity index (χ0) is 21.8. The molecule has 0 amide bonds. The molecule has 3 heteroatoms. The molecule has 1 aliphatic carbocycles. The molecular formula is C30H21NO2. The summed E-state index contributed by atoms with van der Waals surface area (Å²) in [5, 5.41) is 8.40. The zero-order valence-electron chi connectivity index (χ0n) is 18.0. The molecule has 0 spiro atoms. The Morgan fingerprint density at radius 1 is 0.636 bits per heavy atom. The van der Waals surface area contributed by atoms with Gasteiger partial charge in [-0.3, -0.25) is 0 Å². The van der Waals surface area contributed by atoms with Crippen LogP contribution in [0.4, 0.5) is 5.69 Å². The van der Waals surface area contributed by atoms with E-state index in [4.69, 9.17) is 8.83 Å². The topological polar surface area (TPSA) is 38.3 Å². The van der Waals surface area contributed by atoms with Crippen molar-refractivity contribution >= 4 is 50.4 Å². The monoisotopic (exact) mass is 427 g/mol. The Hall–Kier alpha value is -4.24. The molecule has 158 valence electrons. The Labute approximate surface area is 190 Å². The van der Waals surface area contributed by atoms with E-state index in [9.17, 15) is 0 Å². The Balaban J connectivity index is 1.40. The average molecular weight is 428 g/mol. The predicted molar refractivity (Wildman–Crippen MR) is 135 cm³/mol. The first-order chi connectivity index (χ1) is 16.3. The van der Waals surface area contributed by atoms with Crippen LogP contribution in [0.1, 0.15) is 12.8 Å². The van der Waals surface area contributed by atoms with Crippen LogP contribution in [-0.2, 0) is 0 Å². The van der Waals surface area contributed by atoms with Crippen LogP contribution < -0.4 is 16.0 Å². The van der Waals surface area contributed by atoms with E-state index in [1.165, 1.54) is 16.5 Å². The number of anilines is 1. The van der Waals surface area contributed by atoms with Gasteiger partial charge in [0.15, 0.2) is 0 Å². The standard InChI is InChI=1S/C30H21NO2/c1-4-11-24(31-25-12-7-15-29-30(25)22-10-3-6-14-27(22)33-29)20(8-1)19-16-17-28-23(18-19)21-9-2-5-13-26(21)32-28/h1-6,8-11,13-18,31H,7,12H2. The third-order valence-corrected chi connectivity index (χ3v) is 6.55. The molecule has 4 aromatic carbocycles.